The Morgan fingerprint density at radius 2 is 2.00 bits per heavy atom. The highest BCUT2D eigenvalue weighted by Crippen LogP contribution is 2.22. The van der Waals surface area contributed by atoms with E-state index in [1.165, 1.54) is 6.92 Å². The molecule has 0 saturated heterocycles. The molecule has 0 heterocycles. The average Bonchev–Trinajstić information content (AvgIpc) is 2.36. The van der Waals surface area contributed by atoms with E-state index in [1.54, 1.807) is 24.3 Å². The van der Waals surface area contributed by atoms with Crippen LogP contribution in [0.15, 0.2) is 42.5 Å². The van der Waals surface area contributed by atoms with Crippen LogP contribution in [0.25, 0.3) is 0 Å². The average molecular weight is 256 g/mol. The third-order valence-corrected chi connectivity index (χ3v) is 2.82. The zero-order valence-electron chi connectivity index (χ0n) is 11.0. The first-order valence-corrected chi connectivity index (χ1v) is 6.08. The molecule has 0 aliphatic rings. The van der Waals surface area contributed by atoms with Crippen molar-refractivity contribution in [3.8, 4) is 11.5 Å². The van der Waals surface area contributed by atoms with Crippen LogP contribution in [0.4, 0.5) is 0 Å². The minimum absolute atomic E-state index is 0.0223. The number of carbonyl (C=O) groups excluding carboxylic acids is 1. The van der Waals surface area contributed by atoms with Gasteiger partial charge in [-0.25, -0.2) is 0 Å². The fourth-order valence-electron chi connectivity index (χ4n) is 1.85. The maximum absolute atomic E-state index is 11.5. The molecule has 19 heavy (non-hydrogen) atoms. The summed E-state index contributed by atoms with van der Waals surface area (Å²) in [6.45, 7) is 3.79. The summed E-state index contributed by atoms with van der Waals surface area (Å²) >= 11 is 0. The number of phenolic OH excluding ortho intramolecular Hbond substituents is 1. The maximum atomic E-state index is 11.5. The smallest absolute Gasteiger partial charge is 0.163 e. The number of aryl methyl sites for hydroxylation is 1. The number of benzene rings is 2. The van der Waals surface area contributed by atoms with E-state index in [-0.39, 0.29) is 11.5 Å². The van der Waals surface area contributed by atoms with Crippen molar-refractivity contribution in [2.24, 2.45) is 0 Å². The Kier molecular flexibility index (Phi) is 3.85. The van der Waals surface area contributed by atoms with Crippen LogP contribution in [0.5, 0.6) is 11.5 Å². The molecule has 0 fully saturated rings. The number of aromatic hydroxyl groups is 1. The van der Waals surface area contributed by atoms with Gasteiger partial charge in [-0.3, -0.25) is 4.79 Å². The lowest BCUT2D eigenvalue weighted by Crippen LogP contribution is -2.02. The first-order valence-electron chi connectivity index (χ1n) is 6.08. The molecule has 2 aromatic carbocycles. The number of hydrogen-bond donors (Lipinski definition) is 1. The van der Waals surface area contributed by atoms with E-state index in [0.717, 1.165) is 11.1 Å². The van der Waals surface area contributed by atoms with E-state index >= 15 is 0 Å². The van der Waals surface area contributed by atoms with E-state index in [9.17, 15) is 9.90 Å². The molecule has 1 N–H and O–H groups in total. The van der Waals surface area contributed by atoms with Crippen molar-refractivity contribution in [3.63, 3.8) is 0 Å². The second-order valence-electron chi connectivity index (χ2n) is 4.51. The topological polar surface area (TPSA) is 46.5 Å². The SMILES string of the molecule is CC(=O)c1ccc(C)cc1OCc1cccc(O)c1. The molecule has 98 valence electrons. The molecule has 0 unspecified atom stereocenters. The van der Waals surface area contributed by atoms with Gasteiger partial charge in [0.05, 0.1) is 5.56 Å². The number of Topliss-reactive ketones (excluding diaryl/α,β-unsaturated/α-hetero) is 1. The molecule has 0 saturated carbocycles. The van der Waals surface area contributed by atoms with E-state index in [0.29, 0.717) is 17.9 Å². The van der Waals surface area contributed by atoms with Gasteiger partial charge in [-0.1, -0.05) is 18.2 Å². The minimum atomic E-state index is -0.0223. The van der Waals surface area contributed by atoms with Crippen molar-refractivity contribution in [3.05, 3.63) is 59.2 Å². The molecule has 3 nitrogen and oxygen atoms in total. The van der Waals surface area contributed by atoms with Crippen LogP contribution in [-0.4, -0.2) is 10.9 Å². The van der Waals surface area contributed by atoms with E-state index in [4.69, 9.17) is 4.74 Å². The first-order chi connectivity index (χ1) is 9.06. The molecule has 0 bridgehead atoms. The van der Waals surface area contributed by atoms with Crippen LogP contribution in [-0.2, 0) is 6.61 Å². The van der Waals surface area contributed by atoms with Gasteiger partial charge in [0.2, 0.25) is 0 Å². The summed E-state index contributed by atoms with van der Waals surface area (Å²) in [7, 11) is 0. The lowest BCUT2D eigenvalue weighted by Gasteiger charge is -2.11. The molecule has 2 rings (SSSR count). The number of ketones is 1. The summed E-state index contributed by atoms with van der Waals surface area (Å²) in [6.07, 6.45) is 0. The lowest BCUT2D eigenvalue weighted by molar-refractivity contribution is 0.101. The summed E-state index contributed by atoms with van der Waals surface area (Å²) in [5.74, 6) is 0.763. The summed E-state index contributed by atoms with van der Waals surface area (Å²) in [5, 5.41) is 9.39. The Balaban J connectivity index is 2.19. The highest BCUT2D eigenvalue weighted by molar-refractivity contribution is 5.96. The van der Waals surface area contributed by atoms with Crippen LogP contribution in [0.3, 0.4) is 0 Å². The molecule has 0 aromatic heterocycles. The summed E-state index contributed by atoms with van der Waals surface area (Å²) in [5.41, 5.74) is 2.47. The third-order valence-electron chi connectivity index (χ3n) is 2.82. The van der Waals surface area contributed by atoms with E-state index in [1.807, 2.05) is 25.1 Å². The number of carbonyl (C=O) groups is 1. The Bertz CT molecular complexity index is 603. The Hall–Kier alpha value is -2.29. The molecule has 2 aromatic rings. The van der Waals surface area contributed by atoms with Crippen molar-refractivity contribution in [2.75, 3.05) is 0 Å². The minimum Gasteiger partial charge on any atom is -0.508 e. The van der Waals surface area contributed by atoms with Crippen LogP contribution < -0.4 is 4.74 Å². The fourth-order valence-corrected chi connectivity index (χ4v) is 1.85. The predicted molar refractivity (Wildman–Crippen MR) is 73.6 cm³/mol. The van der Waals surface area contributed by atoms with Crippen molar-refractivity contribution in [1.29, 1.82) is 0 Å². The van der Waals surface area contributed by atoms with Crippen molar-refractivity contribution < 1.29 is 14.6 Å². The Labute approximate surface area is 112 Å². The van der Waals surface area contributed by atoms with Crippen LogP contribution >= 0.6 is 0 Å². The zero-order valence-corrected chi connectivity index (χ0v) is 11.0. The maximum Gasteiger partial charge on any atom is 0.163 e. The highest BCUT2D eigenvalue weighted by Gasteiger charge is 2.08. The number of ether oxygens (including phenoxy) is 1. The molecule has 0 aliphatic carbocycles. The molecular formula is C16H16O3. The van der Waals surface area contributed by atoms with Gasteiger partial charge in [-0.05, 0) is 49.2 Å². The standard InChI is InChI=1S/C16H16O3/c1-11-6-7-15(12(2)17)16(8-11)19-10-13-4-3-5-14(18)9-13/h3-9,18H,10H2,1-2H3. The highest BCUT2D eigenvalue weighted by atomic mass is 16.5. The number of hydrogen-bond acceptors (Lipinski definition) is 3. The summed E-state index contributed by atoms with van der Waals surface area (Å²) < 4.78 is 5.69. The third kappa shape index (κ3) is 3.35. The largest absolute Gasteiger partial charge is 0.508 e. The van der Waals surface area contributed by atoms with Gasteiger partial charge in [0.1, 0.15) is 18.1 Å². The van der Waals surface area contributed by atoms with Gasteiger partial charge >= 0.3 is 0 Å². The molecule has 0 spiro atoms. The van der Waals surface area contributed by atoms with Gasteiger partial charge < -0.3 is 9.84 Å². The zero-order chi connectivity index (χ0) is 13.8. The van der Waals surface area contributed by atoms with Crippen LogP contribution in [0.2, 0.25) is 0 Å². The van der Waals surface area contributed by atoms with Crippen LogP contribution in [0.1, 0.15) is 28.4 Å². The van der Waals surface area contributed by atoms with E-state index < -0.39 is 0 Å². The van der Waals surface area contributed by atoms with Gasteiger partial charge in [0.25, 0.3) is 0 Å². The molecule has 0 amide bonds. The molecule has 0 atom stereocenters. The lowest BCUT2D eigenvalue weighted by atomic mass is 10.1. The van der Waals surface area contributed by atoms with Gasteiger partial charge in [0.15, 0.2) is 5.78 Å². The van der Waals surface area contributed by atoms with Gasteiger partial charge in [0, 0.05) is 0 Å². The van der Waals surface area contributed by atoms with Crippen LogP contribution in [0, 0.1) is 6.92 Å². The number of rotatable bonds is 4. The fraction of sp³-hybridized carbons (Fsp3) is 0.188. The summed E-state index contributed by atoms with van der Waals surface area (Å²) in [4.78, 5) is 11.5. The number of phenols is 1. The Morgan fingerprint density at radius 3 is 2.68 bits per heavy atom. The van der Waals surface area contributed by atoms with Gasteiger partial charge in [-0.2, -0.15) is 0 Å². The van der Waals surface area contributed by atoms with Crippen molar-refractivity contribution in [2.45, 2.75) is 20.5 Å². The van der Waals surface area contributed by atoms with E-state index in [2.05, 4.69) is 0 Å². The van der Waals surface area contributed by atoms with Gasteiger partial charge in [-0.15, -0.1) is 0 Å². The molecule has 3 heteroatoms. The Morgan fingerprint density at radius 1 is 1.21 bits per heavy atom. The molecular weight excluding hydrogens is 240 g/mol. The quantitative estimate of drug-likeness (QED) is 0.852. The first kappa shape index (κ1) is 13.1. The van der Waals surface area contributed by atoms with Crippen molar-refractivity contribution >= 4 is 5.78 Å². The predicted octanol–water partition coefficient (Wildman–Crippen LogP) is 3.48. The summed E-state index contributed by atoms with van der Waals surface area (Å²) in [6, 6.07) is 12.4. The molecule has 0 aliphatic heterocycles. The second-order valence-corrected chi connectivity index (χ2v) is 4.51. The monoisotopic (exact) mass is 256 g/mol. The second kappa shape index (κ2) is 5.57. The molecule has 0 radical (unpaired) electrons. The normalized spacial score (nSPS) is 10.2. The van der Waals surface area contributed by atoms with Crippen molar-refractivity contribution in [1.82, 2.24) is 0 Å².